The molecular formula is C14H9Cl3K2O6S. The minimum Gasteiger partial charge on any atom is -0.744 e. The van der Waals surface area contributed by atoms with Crippen molar-refractivity contribution in [2.45, 2.75) is 4.90 Å². The van der Waals surface area contributed by atoms with Gasteiger partial charge in [-0.3, -0.25) is 0 Å². The fourth-order valence-corrected chi connectivity index (χ4v) is 2.42. The number of benzene rings is 2. The summed E-state index contributed by atoms with van der Waals surface area (Å²) in [5.74, 6) is -1.18. The second kappa shape index (κ2) is 14.7. The molecule has 0 fully saturated rings. The number of rotatable bonds is 4. The van der Waals surface area contributed by atoms with Crippen LogP contribution in [0.1, 0.15) is 0 Å². The molecule has 26 heavy (non-hydrogen) atoms. The van der Waals surface area contributed by atoms with Crippen molar-refractivity contribution in [2.75, 3.05) is 6.61 Å². The number of aliphatic carboxylic acids is 1. The molecule has 130 valence electrons. The molecule has 12 heteroatoms. The van der Waals surface area contributed by atoms with Gasteiger partial charge >= 0.3 is 103 Å². The van der Waals surface area contributed by atoms with E-state index in [-0.39, 0.29) is 128 Å². The van der Waals surface area contributed by atoms with E-state index in [0.717, 1.165) is 0 Å². The summed E-state index contributed by atoms with van der Waals surface area (Å²) in [7, 11) is -4.25. The van der Waals surface area contributed by atoms with E-state index in [0.29, 0.717) is 0 Å². The molecule has 2 rings (SSSR count). The van der Waals surface area contributed by atoms with Crippen molar-refractivity contribution in [1.82, 2.24) is 0 Å². The molecule has 0 aliphatic rings. The van der Waals surface area contributed by atoms with Gasteiger partial charge < -0.3 is 19.2 Å². The maximum Gasteiger partial charge on any atom is 1.00 e. The van der Waals surface area contributed by atoms with Crippen molar-refractivity contribution >= 4 is 50.9 Å². The molecular weight excluding hydrogens is 481 g/mol. The average molecular weight is 490 g/mol. The summed E-state index contributed by atoms with van der Waals surface area (Å²) in [4.78, 5) is 9.91. The third-order valence-electron chi connectivity index (χ3n) is 2.35. The zero-order valence-electron chi connectivity index (χ0n) is 13.7. The first kappa shape index (κ1) is 30.0. The van der Waals surface area contributed by atoms with E-state index >= 15 is 0 Å². The Balaban J connectivity index is 0. The first-order chi connectivity index (χ1) is 11.1. The van der Waals surface area contributed by atoms with Gasteiger partial charge in [0, 0.05) is 6.07 Å². The van der Waals surface area contributed by atoms with Crippen LogP contribution in [0.4, 0.5) is 0 Å². The molecule has 6 nitrogen and oxygen atoms in total. The molecule has 2 aromatic rings. The smallest absolute Gasteiger partial charge is 0.744 e. The number of carbonyl (C=O) groups is 1. The number of carboxylic acid groups (broad SMARTS) is 1. The van der Waals surface area contributed by atoms with E-state index in [4.69, 9.17) is 39.5 Å². The SMILES string of the molecule is O=C([O-])COc1cc(Cl)c(Cl)cc1Cl.O=S(=O)([O-])c1ccccc1.[K+].[K+]. The van der Waals surface area contributed by atoms with Crippen LogP contribution in [0.2, 0.25) is 15.1 Å². The van der Waals surface area contributed by atoms with E-state index in [1.807, 2.05) is 0 Å². The number of carbonyl (C=O) groups excluding carboxylic acids is 1. The van der Waals surface area contributed by atoms with Crippen LogP contribution < -0.4 is 113 Å². The van der Waals surface area contributed by atoms with Gasteiger partial charge in [-0.05, 0) is 18.2 Å². The normalized spacial score (nSPS) is 9.69. The molecule has 0 aliphatic carbocycles. The van der Waals surface area contributed by atoms with Crippen molar-refractivity contribution in [3.05, 3.63) is 57.5 Å². The molecule has 0 bridgehead atoms. The van der Waals surface area contributed by atoms with Crippen molar-refractivity contribution < 1.29 is 130 Å². The summed E-state index contributed by atoms with van der Waals surface area (Å²) in [6, 6.07) is 9.90. The zero-order valence-corrected chi connectivity index (χ0v) is 23.1. The minimum absolute atomic E-state index is 0. The molecule has 0 heterocycles. The Kier molecular flexibility index (Phi) is 16.9. The van der Waals surface area contributed by atoms with Crippen LogP contribution in [0.3, 0.4) is 0 Å². The minimum atomic E-state index is -4.25. The predicted octanol–water partition coefficient (Wildman–Crippen LogP) is -3.63. The quantitative estimate of drug-likeness (QED) is 0.249. The first-order valence-corrected chi connectivity index (χ1v) is 8.63. The third kappa shape index (κ3) is 11.7. The molecule has 0 aliphatic heterocycles. The molecule has 0 aromatic heterocycles. The third-order valence-corrected chi connectivity index (χ3v) is 4.22. The van der Waals surface area contributed by atoms with E-state index in [2.05, 4.69) is 0 Å². The largest absolute Gasteiger partial charge is 1.00 e. The second-order valence-corrected chi connectivity index (χ2v) is 6.73. The van der Waals surface area contributed by atoms with Crippen molar-refractivity contribution in [3.8, 4) is 5.75 Å². The van der Waals surface area contributed by atoms with Crippen molar-refractivity contribution in [1.29, 1.82) is 0 Å². The van der Waals surface area contributed by atoms with Gasteiger partial charge in [0.25, 0.3) is 0 Å². The van der Waals surface area contributed by atoms with Gasteiger partial charge in [-0.2, -0.15) is 0 Å². The topological polar surface area (TPSA) is 107 Å². The Morgan fingerprint density at radius 1 is 0.962 bits per heavy atom. The Labute approximate surface area is 251 Å². The number of ether oxygens (including phenoxy) is 1. The monoisotopic (exact) mass is 488 g/mol. The number of halogens is 3. The van der Waals surface area contributed by atoms with Gasteiger partial charge in [0.2, 0.25) is 0 Å². The molecule has 0 saturated heterocycles. The fourth-order valence-electron chi connectivity index (χ4n) is 1.34. The summed E-state index contributed by atoms with van der Waals surface area (Å²) in [6.45, 7) is -0.586. The summed E-state index contributed by atoms with van der Waals surface area (Å²) in [5, 5.41) is 10.8. The molecule has 0 amide bonds. The van der Waals surface area contributed by atoms with Gasteiger partial charge in [0.15, 0.2) is 0 Å². The Bertz CT molecular complexity index is 819. The van der Waals surface area contributed by atoms with Gasteiger partial charge in [-0.25, -0.2) is 8.42 Å². The number of hydrogen-bond donors (Lipinski definition) is 0. The van der Waals surface area contributed by atoms with E-state index in [1.54, 1.807) is 6.07 Å². The molecule has 0 radical (unpaired) electrons. The maximum absolute atomic E-state index is 10.3. The van der Waals surface area contributed by atoms with Gasteiger partial charge in [0.05, 0.1) is 25.9 Å². The number of hydrogen-bond acceptors (Lipinski definition) is 6. The zero-order chi connectivity index (χ0) is 18.3. The summed E-state index contributed by atoms with van der Waals surface area (Å²) in [6.07, 6.45) is 0. The van der Waals surface area contributed by atoms with Crippen LogP contribution in [0, 0.1) is 0 Å². The average Bonchev–Trinajstić information content (AvgIpc) is 2.50. The van der Waals surface area contributed by atoms with Crippen LogP contribution in [0.5, 0.6) is 5.75 Å². The van der Waals surface area contributed by atoms with E-state index in [1.165, 1.54) is 36.4 Å². The molecule has 0 atom stereocenters. The first-order valence-electron chi connectivity index (χ1n) is 6.09. The van der Waals surface area contributed by atoms with Gasteiger partial charge in [-0.15, -0.1) is 0 Å². The van der Waals surface area contributed by atoms with Crippen molar-refractivity contribution in [3.63, 3.8) is 0 Å². The maximum atomic E-state index is 10.3. The van der Waals surface area contributed by atoms with Crippen LogP contribution in [-0.4, -0.2) is 25.5 Å². The summed E-state index contributed by atoms with van der Waals surface area (Å²) < 4.78 is 35.6. The van der Waals surface area contributed by atoms with Crippen LogP contribution >= 0.6 is 34.8 Å². The Hall–Kier alpha value is 1.76. The van der Waals surface area contributed by atoms with E-state index in [9.17, 15) is 22.9 Å². The van der Waals surface area contributed by atoms with Crippen LogP contribution in [0.25, 0.3) is 0 Å². The van der Waals surface area contributed by atoms with Gasteiger partial charge in [0.1, 0.15) is 22.5 Å². The van der Waals surface area contributed by atoms with Crippen LogP contribution in [-0.2, 0) is 14.9 Å². The van der Waals surface area contributed by atoms with E-state index < -0.39 is 22.7 Å². The second-order valence-electron chi connectivity index (χ2n) is 4.12. The van der Waals surface area contributed by atoms with Crippen LogP contribution in [0.15, 0.2) is 47.4 Å². The molecule has 0 saturated carbocycles. The summed E-state index contributed by atoms with van der Waals surface area (Å²) >= 11 is 17.0. The van der Waals surface area contributed by atoms with Crippen molar-refractivity contribution in [2.24, 2.45) is 0 Å². The number of carboxylic acids is 1. The van der Waals surface area contributed by atoms with Gasteiger partial charge in [-0.1, -0.05) is 53.0 Å². The Morgan fingerprint density at radius 3 is 1.88 bits per heavy atom. The summed E-state index contributed by atoms with van der Waals surface area (Å²) in [5.41, 5.74) is 0. The Morgan fingerprint density at radius 2 is 1.46 bits per heavy atom. The molecule has 0 spiro atoms. The predicted molar refractivity (Wildman–Crippen MR) is 86.4 cm³/mol. The molecule has 0 unspecified atom stereocenters. The molecule has 2 aromatic carbocycles. The standard InChI is InChI=1S/C8H5Cl3O3.C6H6O3S.2K/c9-4-1-6(11)7(2-5(4)10)14-3-8(12)13;7-10(8,9)6-4-2-1-3-5-6;;/h1-2H,3H2,(H,12,13);1-5H,(H,7,8,9);;/q;;2*+1/p-2. The fraction of sp³-hybridized carbons (Fsp3) is 0.0714. The molecule has 0 N–H and O–H groups in total.